The summed E-state index contributed by atoms with van der Waals surface area (Å²) in [5, 5.41) is 3.40. The summed E-state index contributed by atoms with van der Waals surface area (Å²) in [4.78, 5) is 0.347. The summed E-state index contributed by atoms with van der Waals surface area (Å²) in [7, 11) is -6.76. The van der Waals surface area contributed by atoms with Crippen LogP contribution in [0.1, 0.15) is 65.7 Å². The van der Waals surface area contributed by atoms with E-state index in [2.05, 4.69) is 10.0 Å². The normalized spacial score (nSPS) is 24.1. The Bertz CT molecular complexity index is 941. The number of rotatable bonds is 7. The summed E-state index contributed by atoms with van der Waals surface area (Å²) in [5.41, 5.74) is 0.814. The van der Waals surface area contributed by atoms with Gasteiger partial charge >= 0.3 is 0 Å². The Labute approximate surface area is 188 Å². The molecule has 2 fully saturated rings. The highest BCUT2D eigenvalue weighted by Crippen LogP contribution is 2.28. The number of benzene rings is 1. The monoisotopic (exact) mass is 471 g/mol. The first-order valence-corrected chi connectivity index (χ1v) is 14.3. The van der Waals surface area contributed by atoms with Crippen LogP contribution >= 0.6 is 0 Å². The van der Waals surface area contributed by atoms with Crippen LogP contribution in [0, 0.1) is 5.92 Å². The average molecular weight is 472 g/mol. The second kappa shape index (κ2) is 9.77. The molecule has 31 heavy (non-hydrogen) atoms. The molecule has 0 atom stereocenters. The van der Waals surface area contributed by atoms with Crippen LogP contribution in [0.4, 0.5) is 5.69 Å². The molecule has 0 amide bonds. The first-order valence-electron chi connectivity index (χ1n) is 11.3. The number of hydrogen-bond acceptors (Lipinski definition) is 5. The lowest BCUT2D eigenvalue weighted by Crippen LogP contribution is -2.46. The molecule has 1 saturated heterocycles. The second-order valence-corrected chi connectivity index (χ2v) is 14.2. The van der Waals surface area contributed by atoms with Crippen LogP contribution in [-0.2, 0) is 20.0 Å². The van der Waals surface area contributed by atoms with E-state index in [0.29, 0.717) is 23.9 Å². The highest BCUT2D eigenvalue weighted by Gasteiger charge is 2.33. The fourth-order valence-electron chi connectivity index (χ4n) is 4.16. The standard InChI is InChI=1S/C22H37N3O4S2/c1-22(2,3)31(28,29)24-19-12-10-18(11-13-19)17-23-20-8-7-9-21(16-20)30(26,27)25-14-5-4-6-15-25/h7-9,16,18-19,23-24H,4-6,10-15,17H2,1-3H3. The van der Waals surface area contributed by atoms with Crippen LogP contribution < -0.4 is 10.0 Å². The zero-order chi connectivity index (χ0) is 22.7. The number of anilines is 1. The maximum atomic E-state index is 12.9. The summed E-state index contributed by atoms with van der Waals surface area (Å²) in [6, 6.07) is 7.09. The topological polar surface area (TPSA) is 95.6 Å². The van der Waals surface area contributed by atoms with Crippen molar-refractivity contribution in [2.45, 2.75) is 81.4 Å². The molecule has 0 aromatic heterocycles. The fourth-order valence-corrected chi connectivity index (χ4v) is 6.76. The second-order valence-electron chi connectivity index (χ2n) is 9.82. The fraction of sp³-hybridized carbons (Fsp3) is 0.727. The highest BCUT2D eigenvalue weighted by atomic mass is 32.2. The van der Waals surface area contributed by atoms with Crippen molar-refractivity contribution < 1.29 is 16.8 Å². The van der Waals surface area contributed by atoms with Crippen molar-refractivity contribution in [2.75, 3.05) is 25.0 Å². The Morgan fingerprint density at radius 1 is 0.968 bits per heavy atom. The number of nitrogens with zero attached hydrogens (tertiary/aromatic N) is 1. The molecule has 176 valence electrons. The van der Waals surface area contributed by atoms with Crippen LogP contribution in [0.3, 0.4) is 0 Å². The van der Waals surface area contributed by atoms with Gasteiger partial charge in [0.1, 0.15) is 0 Å². The van der Waals surface area contributed by atoms with Crippen molar-refractivity contribution in [2.24, 2.45) is 5.92 Å². The van der Waals surface area contributed by atoms with E-state index in [1.807, 2.05) is 6.07 Å². The Balaban J connectivity index is 1.52. The van der Waals surface area contributed by atoms with E-state index in [4.69, 9.17) is 0 Å². The van der Waals surface area contributed by atoms with E-state index in [9.17, 15) is 16.8 Å². The predicted octanol–water partition coefficient (Wildman–Crippen LogP) is 3.55. The lowest BCUT2D eigenvalue weighted by molar-refractivity contribution is 0.322. The van der Waals surface area contributed by atoms with Gasteiger partial charge in [-0.15, -0.1) is 0 Å². The lowest BCUT2D eigenvalue weighted by Gasteiger charge is -2.31. The van der Waals surface area contributed by atoms with E-state index in [1.165, 1.54) is 0 Å². The minimum atomic E-state index is -3.44. The smallest absolute Gasteiger partial charge is 0.243 e. The maximum Gasteiger partial charge on any atom is 0.243 e. The van der Waals surface area contributed by atoms with Gasteiger partial charge in [0.2, 0.25) is 20.0 Å². The largest absolute Gasteiger partial charge is 0.385 e. The van der Waals surface area contributed by atoms with Gasteiger partial charge in [-0.2, -0.15) is 4.31 Å². The molecule has 0 unspecified atom stereocenters. The van der Waals surface area contributed by atoms with Crippen LogP contribution in [0.2, 0.25) is 0 Å². The molecule has 1 heterocycles. The maximum absolute atomic E-state index is 12.9. The van der Waals surface area contributed by atoms with Crippen LogP contribution in [0.25, 0.3) is 0 Å². The van der Waals surface area contributed by atoms with Gasteiger partial charge in [0, 0.05) is 31.4 Å². The molecule has 1 saturated carbocycles. The van der Waals surface area contributed by atoms with Crippen molar-refractivity contribution in [1.82, 2.24) is 9.03 Å². The van der Waals surface area contributed by atoms with Gasteiger partial charge in [-0.05, 0) is 83.4 Å². The zero-order valence-corrected chi connectivity index (χ0v) is 20.6. The van der Waals surface area contributed by atoms with Crippen LogP contribution in [0.15, 0.2) is 29.2 Å². The molecule has 2 N–H and O–H groups in total. The van der Waals surface area contributed by atoms with E-state index in [0.717, 1.165) is 57.2 Å². The molecule has 0 spiro atoms. The summed E-state index contributed by atoms with van der Waals surface area (Å²) in [6.45, 7) is 7.09. The Kier molecular flexibility index (Phi) is 7.71. The van der Waals surface area contributed by atoms with Crippen molar-refractivity contribution in [3.8, 4) is 0 Å². The zero-order valence-electron chi connectivity index (χ0n) is 18.9. The SMILES string of the molecule is CC(C)(C)S(=O)(=O)NC1CCC(CNc2cccc(S(=O)(=O)N3CCCCC3)c2)CC1. The van der Waals surface area contributed by atoms with Gasteiger partial charge in [-0.25, -0.2) is 21.6 Å². The number of piperidine rings is 1. The molecule has 1 aliphatic carbocycles. The molecule has 7 nitrogen and oxygen atoms in total. The number of hydrogen-bond donors (Lipinski definition) is 2. The number of sulfonamides is 2. The van der Waals surface area contributed by atoms with Crippen molar-refractivity contribution in [1.29, 1.82) is 0 Å². The van der Waals surface area contributed by atoms with Gasteiger partial charge in [-0.3, -0.25) is 0 Å². The first-order chi connectivity index (χ1) is 14.5. The van der Waals surface area contributed by atoms with Crippen molar-refractivity contribution in [3.05, 3.63) is 24.3 Å². The third-order valence-electron chi connectivity index (χ3n) is 6.36. The van der Waals surface area contributed by atoms with Gasteiger partial charge in [-0.1, -0.05) is 12.5 Å². The Morgan fingerprint density at radius 3 is 2.23 bits per heavy atom. The minimum Gasteiger partial charge on any atom is -0.385 e. The summed E-state index contributed by atoms with van der Waals surface area (Å²) < 4.78 is 54.2. The molecule has 2 aliphatic rings. The van der Waals surface area contributed by atoms with E-state index < -0.39 is 24.8 Å². The van der Waals surface area contributed by atoms with Gasteiger partial charge in [0.05, 0.1) is 9.64 Å². The molecule has 9 heteroatoms. The van der Waals surface area contributed by atoms with E-state index >= 15 is 0 Å². The number of nitrogens with one attached hydrogen (secondary N) is 2. The molecule has 1 aliphatic heterocycles. The van der Waals surface area contributed by atoms with Gasteiger partial charge in [0.15, 0.2) is 0 Å². The van der Waals surface area contributed by atoms with Crippen molar-refractivity contribution in [3.63, 3.8) is 0 Å². The van der Waals surface area contributed by atoms with E-state index in [-0.39, 0.29) is 6.04 Å². The van der Waals surface area contributed by atoms with Gasteiger partial charge in [0.25, 0.3) is 0 Å². The summed E-state index contributed by atoms with van der Waals surface area (Å²) in [6.07, 6.45) is 6.47. The third-order valence-corrected chi connectivity index (χ3v) is 10.5. The molecule has 1 aromatic rings. The van der Waals surface area contributed by atoms with Crippen LogP contribution in [0.5, 0.6) is 0 Å². The molecule has 0 radical (unpaired) electrons. The minimum absolute atomic E-state index is 0.00140. The lowest BCUT2D eigenvalue weighted by atomic mass is 9.86. The highest BCUT2D eigenvalue weighted by molar-refractivity contribution is 7.90. The molecular weight excluding hydrogens is 434 g/mol. The molecule has 0 bridgehead atoms. The Morgan fingerprint density at radius 2 is 1.61 bits per heavy atom. The summed E-state index contributed by atoms with van der Waals surface area (Å²) >= 11 is 0. The Hall–Kier alpha value is -1.16. The quantitative estimate of drug-likeness (QED) is 0.634. The summed E-state index contributed by atoms with van der Waals surface area (Å²) in [5.74, 6) is 0.442. The van der Waals surface area contributed by atoms with Gasteiger partial charge < -0.3 is 5.32 Å². The molecule has 3 rings (SSSR count). The third kappa shape index (κ3) is 6.21. The van der Waals surface area contributed by atoms with Crippen molar-refractivity contribution >= 4 is 25.7 Å². The molecule has 1 aromatic carbocycles. The van der Waals surface area contributed by atoms with E-state index in [1.54, 1.807) is 43.3 Å². The van der Waals surface area contributed by atoms with Crippen LogP contribution in [-0.4, -0.2) is 51.6 Å². The molecular formula is C22H37N3O4S2. The average Bonchev–Trinajstić information content (AvgIpc) is 2.73. The predicted molar refractivity (Wildman–Crippen MR) is 125 cm³/mol. The first kappa shape index (κ1) is 24.5.